The minimum Gasteiger partial charge on any atom is -0.486 e. The van der Waals surface area contributed by atoms with E-state index in [1.165, 1.54) is 0 Å². The molecule has 6 nitrogen and oxygen atoms in total. The number of carbonyl (C=O) groups excluding carboxylic acids is 3. The smallest absolute Gasteiger partial charge is 0.294 e. The molecule has 0 atom stereocenters. The molecule has 0 bridgehead atoms. The van der Waals surface area contributed by atoms with E-state index in [0.29, 0.717) is 24.4 Å². The first-order chi connectivity index (χ1) is 16.8. The largest absolute Gasteiger partial charge is 0.486 e. The number of amides is 3. The van der Waals surface area contributed by atoms with E-state index in [-0.39, 0.29) is 34.0 Å². The summed E-state index contributed by atoms with van der Waals surface area (Å²) in [6.07, 6.45) is 5.62. The Labute approximate surface area is 226 Å². The van der Waals surface area contributed by atoms with Crippen LogP contribution in [0.15, 0.2) is 45.8 Å². The standard InChI is InChI=1S/C25H23BrCl2N2O4S/c26-18-7-5-16(6-8-18)15-34-23-19(27)11-17(12-20(23)28)13-21-24(32)30(25(33)35-21)14-22(31)29-9-3-1-2-4-10-29/h5-8,11-13H,1-4,9-10,14-15H2. The maximum absolute atomic E-state index is 12.9. The van der Waals surface area contributed by atoms with Crippen molar-refractivity contribution < 1.29 is 19.1 Å². The van der Waals surface area contributed by atoms with E-state index >= 15 is 0 Å². The third-order valence-electron chi connectivity index (χ3n) is 5.74. The van der Waals surface area contributed by atoms with Gasteiger partial charge in [0.25, 0.3) is 11.1 Å². The van der Waals surface area contributed by atoms with E-state index in [1.807, 2.05) is 24.3 Å². The van der Waals surface area contributed by atoms with Gasteiger partial charge in [-0.3, -0.25) is 19.3 Å². The van der Waals surface area contributed by atoms with Gasteiger partial charge in [0, 0.05) is 17.6 Å². The quantitative estimate of drug-likeness (QED) is 0.344. The Morgan fingerprint density at radius 2 is 1.66 bits per heavy atom. The fraction of sp³-hybridized carbons (Fsp3) is 0.320. The number of ether oxygens (including phenoxy) is 1. The van der Waals surface area contributed by atoms with Gasteiger partial charge < -0.3 is 9.64 Å². The van der Waals surface area contributed by atoms with Gasteiger partial charge >= 0.3 is 0 Å². The molecular weight excluding hydrogens is 575 g/mol. The molecule has 184 valence electrons. The molecule has 3 amide bonds. The molecule has 2 fully saturated rings. The first kappa shape index (κ1) is 26.1. The highest BCUT2D eigenvalue weighted by Gasteiger charge is 2.37. The Bertz CT molecular complexity index is 1140. The van der Waals surface area contributed by atoms with Crippen molar-refractivity contribution in [2.24, 2.45) is 0 Å². The number of benzene rings is 2. The molecule has 2 aromatic rings. The second-order valence-electron chi connectivity index (χ2n) is 8.29. The van der Waals surface area contributed by atoms with Crippen LogP contribution >= 0.6 is 50.9 Å². The molecule has 2 aliphatic rings. The Hall–Kier alpha value is -2.00. The number of rotatable bonds is 6. The molecule has 2 aromatic carbocycles. The maximum Gasteiger partial charge on any atom is 0.294 e. The van der Waals surface area contributed by atoms with Crippen molar-refractivity contribution in [1.82, 2.24) is 9.80 Å². The lowest BCUT2D eigenvalue weighted by molar-refractivity contribution is -0.135. The van der Waals surface area contributed by atoms with Gasteiger partial charge in [-0.15, -0.1) is 0 Å². The number of hydrogen-bond acceptors (Lipinski definition) is 5. The van der Waals surface area contributed by atoms with Crippen molar-refractivity contribution in [3.63, 3.8) is 0 Å². The number of thioether (sulfide) groups is 1. The van der Waals surface area contributed by atoms with Gasteiger partial charge in [-0.1, -0.05) is 64.1 Å². The Balaban J connectivity index is 1.44. The predicted molar refractivity (Wildman–Crippen MR) is 143 cm³/mol. The molecule has 10 heteroatoms. The first-order valence-electron chi connectivity index (χ1n) is 11.2. The molecule has 2 aliphatic heterocycles. The van der Waals surface area contributed by atoms with Crippen molar-refractivity contribution in [2.45, 2.75) is 32.3 Å². The summed E-state index contributed by atoms with van der Waals surface area (Å²) in [6, 6.07) is 10.9. The summed E-state index contributed by atoms with van der Waals surface area (Å²) in [7, 11) is 0. The van der Waals surface area contributed by atoms with Crippen LogP contribution in [0.1, 0.15) is 36.8 Å². The second kappa shape index (κ2) is 11.8. The van der Waals surface area contributed by atoms with Crippen molar-refractivity contribution in [1.29, 1.82) is 0 Å². The molecule has 2 saturated heterocycles. The van der Waals surface area contributed by atoms with Crippen LogP contribution in [0.25, 0.3) is 6.08 Å². The van der Waals surface area contributed by atoms with Crippen LogP contribution in [-0.4, -0.2) is 46.5 Å². The highest BCUT2D eigenvalue weighted by molar-refractivity contribution is 9.10. The molecule has 2 heterocycles. The van der Waals surface area contributed by atoms with Crippen molar-refractivity contribution in [3.8, 4) is 5.75 Å². The Kier molecular flexibility index (Phi) is 8.81. The average molecular weight is 598 g/mol. The van der Waals surface area contributed by atoms with Gasteiger partial charge in [-0.2, -0.15) is 0 Å². The van der Waals surface area contributed by atoms with Crippen molar-refractivity contribution in [3.05, 3.63) is 66.9 Å². The van der Waals surface area contributed by atoms with E-state index in [1.54, 1.807) is 23.1 Å². The van der Waals surface area contributed by atoms with Crippen molar-refractivity contribution >= 4 is 74.0 Å². The van der Waals surface area contributed by atoms with Crippen LogP contribution in [0.2, 0.25) is 10.0 Å². The predicted octanol–water partition coefficient (Wildman–Crippen LogP) is 6.77. The fourth-order valence-corrected chi connectivity index (χ4v) is 5.60. The van der Waals surface area contributed by atoms with E-state index < -0.39 is 11.1 Å². The summed E-state index contributed by atoms with van der Waals surface area (Å²) < 4.78 is 6.78. The fourth-order valence-electron chi connectivity index (χ4n) is 3.88. The lowest BCUT2D eigenvalue weighted by Crippen LogP contribution is -2.42. The van der Waals surface area contributed by atoms with Gasteiger partial charge in [0.05, 0.1) is 15.0 Å². The van der Waals surface area contributed by atoms with Gasteiger partial charge in [-0.25, -0.2) is 0 Å². The normalized spacial score (nSPS) is 17.7. The van der Waals surface area contributed by atoms with E-state index in [2.05, 4.69) is 15.9 Å². The van der Waals surface area contributed by atoms with Gasteiger partial charge in [-0.05, 0) is 66.1 Å². The van der Waals surface area contributed by atoms with Gasteiger partial charge in [0.1, 0.15) is 13.2 Å². The van der Waals surface area contributed by atoms with Crippen LogP contribution in [0, 0.1) is 0 Å². The summed E-state index contributed by atoms with van der Waals surface area (Å²) in [4.78, 5) is 41.0. The molecule has 0 N–H and O–H groups in total. The van der Waals surface area contributed by atoms with Crippen LogP contribution < -0.4 is 4.74 Å². The number of hydrogen-bond donors (Lipinski definition) is 0. The minimum absolute atomic E-state index is 0.200. The number of imide groups is 1. The highest BCUT2D eigenvalue weighted by Crippen LogP contribution is 2.38. The third kappa shape index (κ3) is 6.61. The number of carbonyl (C=O) groups is 3. The summed E-state index contributed by atoms with van der Waals surface area (Å²) in [5.74, 6) is -0.357. The maximum atomic E-state index is 12.9. The summed E-state index contributed by atoms with van der Waals surface area (Å²) in [5, 5.41) is 0.115. The third-order valence-corrected chi connectivity index (χ3v) is 7.74. The molecule has 0 aromatic heterocycles. The zero-order chi connectivity index (χ0) is 24.9. The molecule has 0 spiro atoms. The van der Waals surface area contributed by atoms with Crippen LogP contribution in [-0.2, 0) is 16.2 Å². The summed E-state index contributed by atoms with van der Waals surface area (Å²) in [5.41, 5.74) is 1.51. The van der Waals surface area contributed by atoms with E-state index in [9.17, 15) is 14.4 Å². The lowest BCUT2D eigenvalue weighted by atomic mass is 10.2. The number of likely N-dealkylation sites (tertiary alicyclic amines) is 1. The lowest BCUT2D eigenvalue weighted by Gasteiger charge is -2.22. The monoisotopic (exact) mass is 596 g/mol. The number of nitrogens with zero attached hydrogens (tertiary/aromatic N) is 2. The van der Waals surface area contributed by atoms with Crippen LogP contribution in [0.5, 0.6) is 5.75 Å². The molecule has 0 unspecified atom stereocenters. The molecular formula is C25H23BrCl2N2O4S. The molecule has 0 radical (unpaired) electrons. The highest BCUT2D eigenvalue weighted by atomic mass is 79.9. The average Bonchev–Trinajstić information content (AvgIpc) is 3.01. The van der Waals surface area contributed by atoms with Crippen LogP contribution in [0.4, 0.5) is 4.79 Å². The molecule has 0 aliphatic carbocycles. The summed E-state index contributed by atoms with van der Waals surface area (Å²) >= 11 is 17.0. The van der Waals surface area contributed by atoms with Crippen molar-refractivity contribution in [2.75, 3.05) is 19.6 Å². The first-order valence-corrected chi connectivity index (χ1v) is 13.6. The second-order valence-corrected chi connectivity index (χ2v) is 11.0. The topological polar surface area (TPSA) is 66.9 Å². The number of halogens is 3. The minimum atomic E-state index is -0.494. The Morgan fingerprint density at radius 1 is 1.03 bits per heavy atom. The zero-order valence-corrected chi connectivity index (χ0v) is 22.7. The van der Waals surface area contributed by atoms with Gasteiger partial charge in [0.15, 0.2) is 5.75 Å². The van der Waals surface area contributed by atoms with Crippen LogP contribution in [0.3, 0.4) is 0 Å². The van der Waals surface area contributed by atoms with E-state index in [0.717, 1.165) is 52.4 Å². The SMILES string of the molecule is O=C(CN1C(=O)SC(=Cc2cc(Cl)c(OCc3ccc(Br)cc3)c(Cl)c2)C1=O)N1CCCCCC1. The molecule has 0 saturated carbocycles. The van der Waals surface area contributed by atoms with Gasteiger partial charge in [0.2, 0.25) is 5.91 Å². The zero-order valence-electron chi connectivity index (χ0n) is 18.8. The Morgan fingerprint density at radius 3 is 2.29 bits per heavy atom. The summed E-state index contributed by atoms with van der Waals surface area (Å²) in [6.45, 7) is 1.37. The van der Waals surface area contributed by atoms with E-state index in [4.69, 9.17) is 27.9 Å². The molecule has 35 heavy (non-hydrogen) atoms. The molecule has 4 rings (SSSR count).